The number of carbonyl (C=O) groups excluding carboxylic acids is 1. The number of rotatable bonds is 5. The molecule has 0 bridgehead atoms. The second-order valence-corrected chi connectivity index (χ2v) is 6.96. The average molecular weight is 348 g/mol. The molecule has 0 spiro atoms. The largest absolute Gasteiger partial charge is 0.351 e. The van der Waals surface area contributed by atoms with Crippen LogP contribution >= 0.6 is 0 Å². The third kappa shape index (κ3) is 3.78. The maximum atomic E-state index is 12.2. The lowest BCUT2D eigenvalue weighted by atomic mass is 9.89. The molecule has 0 unspecified atom stereocenters. The Morgan fingerprint density at radius 3 is 2.77 bits per heavy atom. The summed E-state index contributed by atoms with van der Waals surface area (Å²) >= 11 is 0. The van der Waals surface area contributed by atoms with Gasteiger partial charge in [-0.2, -0.15) is 0 Å². The summed E-state index contributed by atoms with van der Waals surface area (Å²) in [4.78, 5) is 22.1. The molecule has 2 N–H and O–H groups in total. The molecule has 1 fully saturated rings. The van der Waals surface area contributed by atoms with Crippen LogP contribution < -0.4 is 5.32 Å². The number of benzene rings is 1. The van der Waals surface area contributed by atoms with Gasteiger partial charge in [-0.25, -0.2) is 4.98 Å². The van der Waals surface area contributed by atoms with Crippen molar-refractivity contribution in [3.63, 3.8) is 0 Å². The van der Waals surface area contributed by atoms with Crippen molar-refractivity contribution >= 4 is 16.9 Å². The molecule has 26 heavy (non-hydrogen) atoms. The minimum Gasteiger partial charge on any atom is -0.351 e. The van der Waals surface area contributed by atoms with Gasteiger partial charge in [-0.3, -0.25) is 9.69 Å². The van der Waals surface area contributed by atoms with Crippen LogP contribution in [-0.4, -0.2) is 40.4 Å². The summed E-state index contributed by atoms with van der Waals surface area (Å²) in [5.41, 5.74) is 3.46. The van der Waals surface area contributed by atoms with Crippen LogP contribution in [0.5, 0.6) is 0 Å². The monoisotopic (exact) mass is 348 g/mol. The number of pyridine rings is 1. The summed E-state index contributed by atoms with van der Waals surface area (Å²) < 4.78 is 0. The number of aromatic amines is 1. The molecule has 5 heteroatoms. The van der Waals surface area contributed by atoms with Gasteiger partial charge in [-0.1, -0.05) is 30.3 Å². The third-order valence-corrected chi connectivity index (χ3v) is 5.21. The van der Waals surface area contributed by atoms with Gasteiger partial charge in [0.2, 0.25) is 5.91 Å². The molecule has 5 nitrogen and oxygen atoms in total. The van der Waals surface area contributed by atoms with Crippen LogP contribution in [0.4, 0.5) is 0 Å². The van der Waals surface area contributed by atoms with Crippen LogP contribution in [0.15, 0.2) is 54.9 Å². The SMILES string of the molecule is O=C(CN1CCC(c2c[nH]c3ncccc23)CC1)NCc1ccccc1. The molecule has 4 rings (SSSR count). The molecule has 0 saturated carbocycles. The first-order chi connectivity index (χ1) is 12.8. The van der Waals surface area contributed by atoms with Crippen LogP contribution in [0.3, 0.4) is 0 Å². The van der Waals surface area contributed by atoms with Gasteiger partial charge in [0.1, 0.15) is 5.65 Å². The molecule has 2 aromatic heterocycles. The molecule has 0 atom stereocenters. The molecule has 3 aromatic rings. The lowest BCUT2D eigenvalue weighted by Crippen LogP contribution is -2.41. The summed E-state index contributed by atoms with van der Waals surface area (Å²) in [6.45, 7) is 2.99. The second kappa shape index (κ2) is 7.70. The molecule has 0 aliphatic carbocycles. The first-order valence-electron chi connectivity index (χ1n) is 9.24. The van der Waals surface area contributed by atoms with Crippen LogP contribution in [0.2, 0.25) is 0 Å². The number of H-pyrrole nitrogens is 1. The fourth-order valence-corrected chi connectivity index (χ4v) is 3.77. The Morgan fingerprint density at radius 2 is 1.96 bits per heavy atom. The van der Waals surface area contributed by atoms with E-state index in [1.807, 2.05) is 42.6 Å². The lowest BCUT2D eigenvalue weighted by Gasteiger charge is -2.31. The highest BCUT2D eigenvalue weighted by molar-refractivity contribution is 5.80. The van der Waals surface area contributed by atoms with E-state index >= 15 is 0 Å². The summed E-state index contributed by atoms with van der Waals surface area (Å²) in [6, 6.07) is 14.2. The van der Waals surface area contributed by atoms with Crippen molar-refractivity contribution in [2.75, 3.05) is 19.6 Å². The van der Waals surface area contributed by atoms with Gasteiger partial charge in [0.15, 0.2) is 0 Å². The zero-order chi connectivity index (χ0) is 17.8. The number of carbonyl (C=O) groups is 1. The van der Waals surface area contributed by atoms with Crippen molar-refractivity contribution in [3.05, 3.63) is 66.0 Å². The molecule has 134 valence electrons. The minimum atomic E-state index is 0.101. The fourth-order valence-electron chi connectivity index (χ4n) is 3.77. The number of fused-ring (bicyclic) bond motifs is 1. The molecular formula is C21H24N4O. The van der Waals surface area contributed by atoms with E-state index < -0.39 is 0 Å². The van der Waals surface area contributed by atoms with Crippen LogP contribution in [-0.2, 0) is 11.3 Å². The zero-order valence-electron chi connectivity index (χ0n) is 14.8. The quantitative estimate of drug-likeness (QED) is 0.745. The van der Waals surface area contributed by atoms with E-state index in [0.717, 1.165) is 37.1 Å². The first-order valence-corrected chi connectivity index (χ1v) is 9.24. The Labute approximate surface area is 153 Å². The molecule has 1 saturated heterocycles. The summed E-state index contributed by atoms with van der Waals surface area (Å²) in [7, 11) is 0. The molecule has 1 aliphatic rings. The standard InChI is InChI=1S/C21H24N4O/c26-20(23-13-16-5-2-1-3-6-16)15-25-11-8-17(9-12-25)19-14-24-21-18(19)7-4-10-22-21/h1-7,10,14,17H,8-9,11-13,15H2,(H,22,24)(H,23,26). The Kier molecular flexibility index (Phi) is 4.97. The number of nitrogens with one attached hydrogen (secondary N) is 2. The van der Waals surface area contributed by atoms with E-state index in [1.165, 1.54) is 10.9 Å². The van der Waals surface area contributed by atoms with Gasteiger partial charge in [0, 0.05) is 24.3 Å². The van der Waals surface area contributed by atoms with Gasteiger partial charge >= 0.3 is 0 Å². The summed E-state index contributed by atoms with van der Waals surface area (Å²) in [6.07, 6.45) is 6.07. The van der Waals surface area contributed by atoms with Gasteiger partial charge in [-0.05, 0) is 55.1 Å². The number of amides is 1. The maximum Gasteiger partial charge on any atom is 0.234 e. The molecule has 1 amide bonds. The number of hydrogen-bond acceptors (Lipinski definition) is 3. The smallest absolute Gasteiger partial charge is 0.234 e. The number of aromatic nitrogens is 2. The van der Waals surface area contributed by atoms with Crippen molar-refractivity contribution in [1.29, 1.82) is 0 Å². The van der Waals surface area contributed by atoms with Crippen molar-refractivity contribution in [3.8, 4) is 0 Å². The van der Waals surface area contributed by atoms with Gasteiger partial charge in [-0.15, -0.1) is 0 Å². The Morgan fingerprint density at radius 1 is 1.15 bits per heavy atom. The number of hydrogen-bond donors (Lipinski definition) is 2. The van der Waals surface area contributed by atoms with E-state index in [2.05, 4.69) is 32.4 Å². The normalized spacial score (nSPS) is 16.0. The topological polar surface area (TPSA) is 61.0 Å². The molecule has 3 heterocycles. The summed E-state index contributed by atoms with van der Waals surface area (Å²) in [5.74, 6) is 0.639. The van der Waals surface area contributed by atoms with Crippen molar-refractivity contribution in [1.82, 2.24) is 20.2 Å². The Balaban J connectivity index is 1.28. The van der Waals surface area contributed by atoms with E-state index in [-0.39, 0.29) is 5.91 Å². The lowest BCUT2D eigenvalue weighted by molar-refractivity contribution is -0.122. The number of nitrogens with zero attached hydrogens (tertiary/aromatic N) is 2. The highest BCUT2D eigenvalue weighted by Crippen LogP contribution is 2.32. The van der Waals surface area contributed by atoms with E-state index in [0.29, 0.717) is 19.0 Å². The van der Waals surface area contributed by atoms with Gasteiger partial charge in [0.05, 0.1) is 6.54 Å². The van der Waals surface area contributed by atoms with Crippen molar-refractivity contribution < 1.29 is 4.79 Å². The number of piperidine rings is 1. The Hall–Kier alpha value is -2.66. The second-order valence-electron chi connectivity index (χ2n) is 6.96. The zero-order valence-corrected chi connectivity index (χ0v) is 14.8. The van der Waals surface area contributed by atoms with Gasteiger partial charge in [0.25, 0.3) is 0 Å². The van der Waals surface area contributed by atoms with Crippen molar-refractivity contribution in [2.24, 2.45) is 0 Å². The molecular weight excluding hydrogens is 324 g/mol. The minimum absolute atomic E-state index is 0.101. The predicted octanol–water partition coefficient (Wildman–Crippen LogP) is 3.06. The van der Waals surface area contributed by atoms with Gasteiger partial charge < -0.3 is 10.3 Å². The highest BCUT2D eigenvalue weighted by Gasteiger charge is 2.24. The van der Waals surface area contributed by atoms with E-state index in [1.54, 1.807) is 0 Å². The third-order valence-electron chi connectivity index (χ3n) is 5.21. The predicted molar refractivity (Wildman–Crippen MR) is 103 cm³/mol. The molecule has 1 aromatic carbocycles. The molecule has 1 aliphatic heterocycles. The summed E-state index contributed by atoms with van der Waals surface area (Å²) in [5, 5.41) is 4.24. The average Bonchev–Trinajstić information content (AvgIpc) is 3.12. The first kappa shape index (κ1) is 16.8. The van der Waals surface area contributed by atoms with Crippen molar-refractivity contribution in [2.45, 2.75) is 25.3 Å². The maximum absolute atomic E-state index is 12.2. The van der Waals surface area contributed by atoms with Crippen LogP contribution in [0.25, 0.3) is 11.0 Å². The number of likely N-dealkylation sites (tertiary alicyclic amines) is 1. The molecule has 0 radical (unpaired) electrons. The van der Waals surface area contributed by atoms with E-state index in [9.17, 15) is 4.79 Å². The fraction of sp³-hybridized carbons (Fsp3) is 0.333. The van der Waals surface area contributed by atoms with Crippen LogP contribution in [0, 0.1) is 0 Å². The van der Waals surface area contributed by atoms with E-state index in [4.69, 9.17) is 0 Å². The highest BCUT2D eigenvalue weighted by atomic mass is 16.2. The Bertz CT molecular complexity index is 866. The van der Waals surface area contributed by atoms with Crippen LogP contribution in [0.1, 0.15) is 29.9 Å².